The van der Waals surface area contributed by atoms with E-state index in [-0.39, 0.29) is 0 Å². The second kappa shape index (κ2) is 5.50. The lowest BCUT2D eigenvalue weighted by molar-refractivity contribution is 0.415. The smallest absolute Gasteiger partial charge is 0.138 e. The molecular weight excluding hydrogens is 288 g/mol. The molecule has 5 heteroatoms. The van der Waals surface area contributed by atoms with Crippen molar-refractivity contribution in [2.75, 3.05) is 12.8 Å². The van der Waals surface area contributed by atoms with Crippen LogP contribution in [0.4, 0.5) is 5.69 Å². The second-order valence-corrected chi connectivity index (χ2v) is 4.88. The molecule has 0 atom stereocenters. The van der Waals surface area contributed by atoms with Crippen molar-refractivity contribution in [1.82, 2.24) is 4.98 Å². The van der Waals surface area contributed by atoms with Gasteiger partial charge >= 0.3 is 0 Å². The standard InChI is InChI=1S/C16H13ClN2O2/c1-20-10-2-4-12-15(9-10)19-7-6-16(12)21-11-3-5-14(18)13(17)8-11/h2-9H,18H2,1H3. The Balaban J connectivity index is 2.02. The van der Waals surface area contributed by atoms with Gasteiger partial charge in [-0.1, -0.05) is 11.6 Å². The Labute approximate surface area is 127 Å². The first-order valence-corrected chi connectivity index (χ1v) is 6.71. The number of halogens is 1. The number of rotatable bonds is 3. The monoisotopic (exact) mass is 300 g/mol. The summed E-state index contributed by atoms with van der Waals surface area (Å²) >= 11 is 6.00. The number of ether oxygens (including phenoxy) is 2. The van der Waals surface area contributed by atoms with E-state index in [2.05, 4.69) is 4.98 Å². The maximum Gasteiger partial charge on any atom is 0.138 e. The number of benzene rings is 2. The predicted octanol–water partition coefficient (Wildman–Crippen LogP) is 4.27. The van der Waals surface area contributed by atoms with Crippen LogP contribution in [0.1, 0.15) is 0 Å². The molecule has 0 spiro atoms. The topological polar surface area (TPSA) is 57.4 Å². The normalized spacial score (nSPS) is 10.6. The Morgan fingerprint density at radius 1 is 1.05 bits per heavy atom. The van der Waals surface area contributed by atoms with Gasteiger partial charge in [-0.05, 0) is 30.3 Å². The van der Waals surface area contributed by atoms with Gasteiger partial charge in [-0.2, -0.15) is 0 Å². The summed E-state index contributed by atoms with van der Waals surface area (Å²) in [5, 5.41) is 1.36. The molecule has 0 saturated heterocycles. The van der Waals surface area contributed by atoms with Crippen LogP contribution in [-0.2, 0) is 0 Å². The van der Waals surface area contributed by atoms with Crippen LogP contribution in [0.3, 0.4) is 0 Å². The molecule has 0 aliphatic carbocycles. The van der Waals surface area contributed by atoms with E-state index in [0.717, 1.165) is 16.7 Å². The Morgan fingerprint density at radius 2 is 1.86 bits per heavy atom. The van der Waals surface area contributed by atoms with Gasteiger partial charge in [-0.3, -0.25) is 4.98 Å². The van der Waals surface area contributed by atoms with Crippen molar-refractivity contribution in [3.63, 3.8) is 0 Å². The van der Waals surface area contributed by atoms with Gasteiger partial charge < -0.3 is 15.2 Å². The van der Waals surface area contributed by atoms with Crippen LogP contribution in [0, 0.1) is 0 Å². The zero-order valence-electron chi connectivity index (χ0n) is 11.3. The summed E-state index contributed by atoms with van der Waals surface area (Å²) in [4.78, 5) is 4.32. The molecule has 3 aromatic rings. The quantitative estimate of drug-likeness (QED) is 0.734. The maximum atomic E-state index is 6.00. The molecule has 2 aromatic carbocycles. The van der Waals surface area contributed by atoms with E-state index in [9.17, 15) is 0 Å². The van der Waals surface area contributed by atoms with E-state index in [1.165, 1.54) is 0 Å². The van der Waals surface area contributed by atoms with E-state index in [0.29, 0.717) is 22.2 Å². The van der Waals surface area contributed by atoms with Crippen molar-refractivity contribution in [3.05, 3.63) is 53.7 Å². The molecule has 3 rings (SSSR count). The zero-order valence-corrected chi connectivity index (χ0v) is 12.1. The second-order valence-electron chi connectivity index (χ2n) is 4.48. The third-order valence-corrected chi connectivity index (χ3v) is 3.44. The predicted molar refractivity (Wildman–Crippen MR) is 84.2 cm³/mol. The Morgan fingerprint density at radius 3 is 2.62 bits per heavy atom. The summed E-state index contributed by atoms with van der Waals surface area (Å²) in [6.45, 7) is 0. The van der Waals surface area contributed by atoms with Crippen molar-refractivity contribution in [3.8, 4) is 17.2 Å². The van der Waals surface area contributed by atoms with Crippen LogP contribution in [0.5, 0.6) is 17.2 Å². The highest BCUT2D eigenvalue weighted by Gasteiger charge is 2.07. The summed E-state index contributed by atoms with van der Waals surface area (Å²) in [5.41, 5.74) is 7.01. The molecule has 0 bridgehead atoms. The number of nitrogens with zero attached hydrogens (tertiary/aromatic N) is 1. The number of pyridine rings is 1. The summed E-state index contributed by atoms with van der Waals surface area (Å²) in [5.74, 6) is 2.07. The third-order valence-electron chi connectivity index (χ3n) is 3.11. The van der Waals surface area contributed by atoms with E-state index in [4.69, 9.17) is 26.8 Å². The van der Waals surface area contributed by atoms with Gasteiger partial charge in [-0.25, -0.2) is 0 Å². The molecule has 21 heavy (non-hydrogen) atoms. The van der Waals surface area contributed by atoms with Crippen LogP contribution in [0.15, 0.2) is 48.7 Å². The molecule has 0 amide bonds. The van der Waals surface area contributed by atoms with Crippen molar-refractivity contribution >= 4 is 28.2 Å². The first kappa shape index (κ1) is 13.5. The number of anilines is 1. The molecule has 0 aliphatic rings. The minimum Gasteiger partial charge on any atom is -0.497 e. The number of nitrogen functional groups attached to an aromatic ring is 1. The van der Waals surface area contributed by atoms with Gasteiger partial charge in [0.05, 0.1) is 23.3 Å². The molecule has 0 fully saturated rings. The van der Waals surface area contributed by atoms with Gasteiger partial charge in [-0.15, -0.1) is 0 Å². The van der Waals surface area contributed by atoms with Gasteiger partial charge in [0.1, 0.15) is 17.2 Å². The molecule has 0 aliphatic heterocycles. The first-order chi connectivity index (χ1) is 10.2. The minimum absolute atomic E-state index is 0.465. The number of hydrogen-bond donors (Lipinski definition) is 1. The Hall–Kier alpha value is -2.46. The van der Waals surface area contributed by atoms with Crippen LogP contribution in [0.25, 0.3) is 10.9 Å². The SMILES string of the molecule is COc1ccc2c(Oc3ccc(N)c(Cl)c3)ccnc2c1. The van der Waals surface area contributed by atoms with Gasteiger partial charge in [0.15, 0.2) is 0 Å². The van der Waals surface area contributed by atoms with E-state index >= 15 is 0 Å². The largest absolute Gasteiger partial charge is 0.497 e. The van der Waals surface area contributed by atoms with Gasteiger partial charge in [0.25, 0.3) is 0 Å². The van der Waals surface area contributed by atoms with Crippen molar-refractivity contribution in [2.45, 2.75) is 0 Å². The van der Waals surface area contributed by atoms with Crippen molar-refractivity contribution in [2.24, 2.45) is 0 Å². The Kier molecular flexibility index (Phi) is 3.54. The third kappa shape index (κ3) is 2.71. The highest BCUT2D eigenvalue weighted by atomic mass is 35.5. The van der Waals surface area contributed by atoms with Crippen LogP contribution in [0.2, 0.25) is 5.02 Å². The lowest BCUT2D eigenvalue weighted by atomic mass is 10.2. The summed E-state index contributed by atoms with van der Waals surface area (Å²) < 4.78 is 11.1. The zero-order chi connectivity index (χ0) is 14.8. The molecule has 106 valence electrons. The van der Waals surface area contributed by atoms with Crippen molar-refractivity contribution in [1.29, 1.82) is 0 Å². The van der Waals surface area contributed by atoms with Gasteiger partial charge in [0.2, 0.25) is 0 Å². The average molecular weight is 301 g/mol. The average Bonchev–Trinajstić information content (AvgIpc) is 2.50. The summed E-state index contributed by atoms with van der Waals surface area (Å²) in [6.07, 6.45) is 1.69. The fourth-order valence-corrected chi connectivity index (χ4v) is 2.19. The molecule has 1 aromatic heterocycles. The highest BCUT2D eigenvalue weighted by Crippen LogP contribution is 2.32. The van der Waals surface area contributed by atoms with Crippen LogP contribution >= 0.6 is 11.6 Å². The van der Waals surface area contributed by atoms with Crippen molar-refractivity contribution < 1.29 is 9.47 Å². The lowest BCUT2D eigenvalue weighted by Gasteiger charge is -2.10. The number of fused-ring (bicyclic) bond motifs is 1. The number of aromatic nitrogens is 1. The van der Waals surface area contributed by atoms with Crippen LogP contribution in [-0.4, -0.2) is 12.1 Å². The molecular formula is C16H13ClN2O2. The fourth-order valence-electron chi connectivity index (χ4n) is 2.02. The Bertz CT molecular complexity index is 805. The molecule has 1 heterocycles. The van der Waals surface area contributed by atoms with E-state index < -0.39 is 0 Å². The lowest BCUT2D eigenvalue weighted by Crippen LogP contribution is -1.91. The summed E-state index contributed by atoms with van der Waals surface area (Å²) in [6, 6.07) is 12.6. The molecule has 0 unspecified atom stereocenters. The molecule has 4 nitrogen and oxygen atoms in total. The van der Waals surface area contributed by atoms with Crippen LogP contribution < -0.4 is 15.2 Å². The number of hydrogen-bond acceptors (Lipinski definition) is 4. The fraction of sp³-hybridized carbons (Fsp3) is 0.0625. The molecule has 0 radical (unpaired) electrons. The maximum absolute atomic E-state index is 6.00. The molecule has 2 N–H and O–H groups in total. The summed E-state index contributed by atoms with van der Waals surface area (Å²) in [7, 11) is 1.62. The van der Waals surface area contributed by atoms with E-state index in [1.807, 2.05) is 18.2 Å². The highest BCUT2D eigenvalue weighted by molar-refractivity contribution is 6.33. The first-order valence-electron chi connectivity index (χ1n) is 6.33. The van der Waals surface area contributed by atoms with Gasteiger partial charge in [0, 0.05) is 23.7 Å². The number of nitrogens with two attached hydrogens (primary N) is 1. The molecule has 0 saturated carbocycles. The minimum atomic E-state index is 0.465. The van der Waals surface area contributed by atoms with E-state index in [1.54, 1.807) is 37.6 Å². The number of methoxy groups -OCH3 is 1.